The second kappa shape index (κ2) is 13.2. The smallest absolute Gasteiger partial charge is 0.381 e. The lowest BCUT2D eigenvalue weighted by molar-refractivity contribution is -0.137. The highest BCUT2D eigenvalue weighted by Gasteiger charge is 2.34. The molecule has 0 N–H and O–H groups in total. The molecule has 3 rings (SSSR count). The highest BCUT2D eigenvalue weighted by atomic mass is 19.4. The molecule has 0 aromatic heterocycles. The Hall–Kier alpha value is -3.81. The van der Waals surface area contributed by atoms with E-state index < -0.39 is 28.8 Å². The van der Waals surface area contributed by atoms with E-state index in [-0.39, 0.29) is 11.1 Å². The maximum Gasteiger partial charge on any atom is 0.417 e. The van der Waals surface area contributed by atoms with E-state index in [9.17, 15) is 22.0 Å². The average Bonchev–Trinajstić information content (AvgIpc) is 2.92. The Kier molecular flexibility index (Phi) is 10.2. The number of hydrogen-bond acceptors (Lipinski definition) is 3. The first-order chi connectivity index (χ1) is 19.3. The zero-order valence-corrected chi connectivity index (χ0v) is 24.1. The summed E-state index contributed by atoms with van der Waals surface area (Å²) < 4.78 is 69.6. The molecule has 2 aromatic rings. The molecule has 218 valence electrons. The third kappa shape index (κ3) is 7.69. The van der Waals surface area contributed by atoms with E-state index >= 15 is 0 Å². The number of rotatable bonds is 9. The monoisotopic (exact) mass is 569 g/mol. The van der Waals surface area contributed by atoms with Gasteiger partial charge in [0.1, 0.15) is 0 Å². The molecule has 1 aliphatic rings. The van der Waals surface area contributed by atoms with E-state index in [2.05, 4.69) is 11.6 Å². The molecule has 2 aromatic carbocycles. The van der Waals surface area contributed by atoms with Crippen LogP contribution in [0.25, 0.3) is 11.6 Å². The van der Waals surface area contributed by atoms with Crippen molar-refractivity contribution >= 4 is 23.6 Å². The fourth-order valence-corrected chi connectivity index (χ4v) is 4.84. The van der Waals surface area contributed by atoms with Gasteiger partial charge in [0, 0.05) is 49.7 Å². The Morgan fingerprint density at radius 3 is 2.51 bits per heavy atom. The second-order valence-electron chi connectivity index (χ2n) is 10.5. The molecule has 1 atom stereocenters. The van der Waals surface area contributed by atoms with Crippen LogP contribution in [0.1, 0.15) is 61.8 Å². The average molecular weight is 570 g/mol. The third-order valence-corrected chi connectivity index (χ3v) is 7.25. The van der Waals surface area contributed by atoms with Crippen LogP contribution in [-0.4, -0.2) is 38.0 Å². The molecule has 0 bridgehead atoms. The van der Waals surface area contributed by atoms with Crippen molar-refractivity contribution in [3.8, 4) is 0 Å². The normalized spacial score (nSPS) is 19.6. The van der Waals surface area contributed by atoms with Crippen LogP contribution in [0.4, 0.5) is 22.0 Å². The quantitative estimate of drug-likeness (QED) is 0.168. The van der Waals surface area contributed by atoms with E-state index in [0.29, 0.717) is 42.5 Å². The molecule has 0 aliphatic carbocycles. The third-order valence-electron chi connectivity index (χ3n) is 7.25. The Morgan fingerprint density at radius 2 is 1.88 bits per heavy atom. The van der Waals surface area contributed by atoms with Gasteiger partial charge in [-0.1, -0.05) is 43.0 Å². The maximum absolute atomic E-state index is 14.5. The molecule has 0 fully saturated rings. The lowest BCUT2D eigenvalue weighted by Crippen LogP contribution is -2.27. The molecular formula is C33H36F5N3. The highest BCUT2D eigenvalue weighted by molar-refractivity contribution is 6.02. The second-order valence-corrected chi connectivity index (χ2v) is 10.5. The van der Waals surface area contributed by atoms with E-state index in [1.54, 1.807) is 26.1 Å². The van der Waals surface area contributed by atoms with Crippen molar-refractivity contribution in [1.29, 1.82) is 0 Å². The topological polar surface area (TPSA) is 28.0 Å². The van der Waals surface area contributed by atoms with Crippen molar-refractivity contribution in [2.75, 3.05) is 21.1 Å². The van der Waals surface area contributed by atoms with Gasteiger partial charge < -0.3 is 4.90 Å². The van der Waals surface area contributed by atoms with Crippen LogP contribution in [0.5, 0.6) is 0 Å². The minimum absolute atomic E-state index is 0.114. The molecule has 41 heavy (non-hydrogen) atoms. The van der Waals surface area contributed by atoms with Gasteiger partial charge in [0.15, 0.2) is 11.6 Å². The molecule has 0 spiro atoms. The number of benzene rings is 2. The lowest BCUT2D eigenvalue weighted by Gasteiger charge is -2.31. The van der Waals surface area contributed by atoms with Crippen molar-refractivity contribution in [3.63, 3.8) is 0 Å². The molecular weight excluding hydrogens is 533 g/mol. The molecule has 1 unspecified atom stereocenters. The van der Waals surface area contributed by atoms with Gasteiger partial charge >= 0.3 is 6.18 Å². The minimum Gasteiger partial charge on any atom is -0.381 e. The number of alkyl halides is 3. The largest absolute Gasteiger partial charge is 0.417 e. The van der Waals surface area contributed by atoms with Gasteiger partial charge in [0.25, 0.3) is 0 Å². The van der Waals surface area contributed by atoms with Crippen LogP contribution in [0.2, 0.25) is 0 Å². The minimum atomic E-state index is -4.49. The van der Waals surface area contributed by atoms with Crippen LogP contribution in [0.3, 0.4) is 0 Å². The number of hydrogen-bond donors (Lipinski definition) is 0. The van der Waals surface area contributed by atoms with E-state index in [1.807, 2.05) is 44.3 Å². The standard InChI is InChI=1S/C33H36F5N3/c1-7-23-15-17-25(27(20-23)33(36,37)38)22(2)14-16-24(41(5)6)10-8-13-30-32(3,21-39-4)19-18-29(40-30)26-11-9-12-28(34)31(26)35/h7,9,11-17,20-21H,1,8,10,18-19H2,2-6H3/b22-14+,24-16-,30-13+,39-21?. The van der Waals surface area contributed by atoms with Gasteiger partial charge in [-0.3, -0.25) is 9.98 Å². The molecule has 0 amide bonds. The van der Waals surface area contributed by atoms with Crippen molar-refractivity contribution < 1.29 is 22.0 Å². The van der Waals surface area contributed by atoms with Gasteiger partial charge in [0.05, 0.1) is 11.3 Å². The van der Waals surface area contributed by atoms with E-state index in [0.717, 1.165) is 23.5 Å². The summed E-state index contributed by atoms with van der Waals surface area (Å²) in [6, 6.07) is 8.27. The molecule has 0 saturated heterocycles. The summed E-state index contributed by atoms with van der Waals surface area (Å²) in [6.45, 7) is 7.24. The Morgan fingerprint density at radius 1 is 1.15 bits per heavy atom. The molecule has 0 radical (unpaired) electrons. The number of halogens is 5. The summed E-state index contributed by atoms with van der Waals surface area (Å²) in [6.07, 6.45) is 6.47. The lowest BCUT2D eigenvalue weighted by atomic mass is 9.78. The Balaban J connectivity index is 1.92. The van der Waals surface area contributed by atoms with Crippen molar-refractivity contribution in [1.82, 2.24) is 4.90 Å². The van der Waals surface area contributed by atoms with Crippen molar-refractivity contribution in [2.24, 2.45) is 15.4 Å². The van der Waals surface area contributed by atoms with Gasteiger partial charge in [-0.2, -0.15) is 13.2 Å². The SMILES string of the molecule is C=Cc1ccc(/C(C)=C/C=C(/CC/C=C2/N=C(c3cccc(F)c3F)CCC2(C)C=NC)N(C)C)c(C(F)(F)F)c1. The summed E-state index contributed by atoms with van der Waals surface area (Å²) in [5, 5.41) is 0. The van der Waals surface area contributed by atoms with E-state index in [1.165, 1.54) is 24.3 Å². The zero-order valence-electron chi connectivity index (χ0n) is 24.1. The fraction of sp³-hybridized carbons (Fsp3) is 0.333. The molecule has 0 saturated carbocycles. The number of nitrogens with zero attached hydrogens (tertiary/aromatic N) is 3. The predicted molar refractivity (Wildman–Crippen MR) is 159 cm³/mol. The van der Waals surface area contributed by atoms with Crippen LogP contribution < -0.4 is 0 Å². The Labute approximate surface area is 239 Å². The molecule has 1 heterocycles. The maximum atomic E-state index is 14.5. The summed E-state index contributed by atoms with van der Waals surface area (Å²) in [7, 11) is 5.43. The van der Waals surface area contributed by atoms with Crippen LogP contribution in [0, 0.1) is 17.0 Å². The summed E-state index contributed by atoms with van der Waals surface area (Å²) in [4.78, 5) is 10.9. The van der Waals surface area contributed by atoms with Crippen molar-refractivity contribution in [3.05, 3.63) is 106 Å². The summed E-state index contributed by atoms with van der Waals surface area (Å²) in [5.74, 6) is -1.83. The first kappa shape index (κ1) is 31.7. The van der Waals surface area contributed by atoms with Crippen LogP contribution in [-0.2, 0) is 6.18 Å². The predicted octanol–water partition coefficient (Wildman–Crippen LogP) is 9.13. The fourth-order valence-electron chi connectivity index (χ4n) is 4.84. The van der Waals surface area contributed by atoms with Crippen LogP contribution in [0.15, 0.2) is 82.6 Å². The summed E-state index contributed by atoms with van der Waals surface area (Å²) >= 11 is 0. The van der Waals surface area contributed by atoms with Gasteiger partial charge in [-0.05, 0) is 80.5 Å². The highest BCUT2D eigenvalue weighted by Crippen LogP contribution is 2.38. The first-order valence-electron chi connectivity index (χ1n) is 13.4. The van der Waals surface area contributed by atoms with Gasteiger partial charge in [-0.15, -0.1) is 0 Å². The van der Waals surface area contributed by atoms with Crippen LogP contribution >= 0.6 is 0 Å². The number of allylic oxidation sites excluding steroid dienone is 6. The van der Waals surface area contributed by atoms with Gasteiger partial charge in [0.2, 0.25) is 0 Å². The van der Waals surface area contributed by atoms with E-state index in [4.69, 9.17) is 4.99 Å². The molecule has 1 aliphatic heterocycles. The van der Waals surface area contributed by atoms with Gasteiger partial charge in [-0.25, -0.2) is 8.78 Å². The van der Waals surface area contributed by atoms with Crippen molar-refractivity contribution in [2.45, 2.75) is 45.7 Å². The Bertz CT molecular complexity index is 1430. The first-order valence-corrected chi connectivity index (χ1v) is 13.4. The zero-order chi connectivity index (χ0) is 30.4. The molecule has 8 heteroatoms. The number of aliphatic imine (C=N–C) groups is 2. The summed E-state index contributed by atoms with van der Waals surface area (Å²) in [5.41, 5.74) is 2.09. The molecule has 3 nitrogen and oxygen atoms in total.